The van der Waals surface area contributed by atoms with E-state index in [1.165, 1.54) is 0 Å². The van der Waals surface area contributed by atoms with Gasteiger partial charge in [-0.1, -0.05) is 18.5 Å². The summed E-state index contributed by atoms with van der Waals surface area (Å²) in [6, 6.07) is 7.24. The van der Waals surface area contributed by atoms with Gasteiger partial charge in [0.25, 0.3) is 11.8 Å². The zero-order valence-corrected chi connectivity index (χ0v) is 12.1. The fourth-order valence-corrected chi connectivity index (χ4v) is 1.89. The Morgan fingerprint density at radius 3 is 2.55 bits per heavy atom. The Kier molecular flexibility index (Phi) is 4.50. The number of aromatic nitrogens is 2. The number of hydrogen-bond donors (Lipinski definition) is 0. The molecule has 106 valence electrons. The molecule has 0 aliphatic rings. The Morgan fingerprint density at radius 1 is 1.30 bits per heavy atom. The highest BCUT2D eigenvalue weighted by Gasteiger charge is 2.12. The molecule has 0 spiro atoms. The highest BCUT2D eigenvalue weighted by molar-refractivity contribution is 5.94. The lowest BCUT2D eigenvalue weighted by molar-refractivity contribution is 0.0793. The van der Waals surface area contributed by atoms with Gasteiger partial charge in [-0.25, -0.2) is 0 Å². The Balaban J connectivity index is 2.10. The molecule has 1 aromatic carbocycles. The van der Waals surface area contributed by atoms with Crippen molar-refractivity contribution in [2.75, 3.05) is 13.6 Å². The SMILES string of the molecule is CCCCN(C)C(=O)c1ccc(-c2nc(C)no2)cc1. The van der Waals surface area contributed by atoms with Crippen LogP contribution >= 0.6 is 0 Å². The van der Waals surface area contributed by atoms with Crippen LogP contribution in [-0.4, -0.2) is 34.5 Å². The molecule has 1 amide bonds. The van der Waals surface area contributed by atoms with E-state index in [2.05, 4.69) is 17.1 Å². The minimum atomic E-state index is 0.0340. The molecule has 5 nitrogen and oxygen atoms in total. The summed E-state index contributed by atoms with van der Waals surface area (Å²) in [5, 5.41) is 3.75. The number of unbranched alkanes of at least 4 members (excludes halogenated alkanes) is 1. The van der Waals surface area contributed by atoms with Crippen LogP contribution in [0.4, 0.5) is 0 Å². The quantitative estimate of drug-likeness (QED) is 0.840. The maximum Gasteiger partial charge on any atom is 0.257 e. The summed E-state index contributed by atoms with van der Waals surface area (Å²) in [6.45, 7) is 4.66. The Hall–Kier alpha value is -2.17. The van der Waals surface area contributed by atoms with Crippen molar-refractivity contribution in [2.24, 2.45) is 0 Å². The van der Waals surface area contributed by atoms with Gasteiger partial charge in [-0.05, 0) is 37.6 Å². The van der Waals surface area contributed by atoms with Gasteiger partial charge >= 0.3 is 0 Å². The maximum atomic E-state index is 12.2. The van der Waals surface area contributed by atoms with Crippen LogP contribution in [0.15, 0.2) is 28.8 Å². The minimum absolute atomic E-state index is 0.0340. The van der Waals surface area contributed by atoms with E-state index in [1.807, 2.05) is 19.2 Å². The second-order valence-corrected chi connectivity index (χ2v) is 4.80. The number of benzene rings is 1. The highest BCUT2D eigenvalue weighted by atomic mass is 16.5. The molecule has 0 atom stereocenters. The summed E-state index contributed by atoms with van der Waals surface area (Å²) in [7, 11) is 1.83. The van der Waals surface area contributed by atoms with E-state index in [4.69, 9.17) is 4.52 Å². The van der Waals surface area contributed by atoms with Crippen molar-refractivity contribution in [3.05, 3.63) is 35.7 Å². The standard InChI is InChI=1S/C15H19N3O2/c1-4-5-10-18(3)15(19)13-8-6-12(7-9-13)14-16-11(2)17-20-14/h6-9H,4-5,10H2,1-3H3. The van der Waals surface area contributed by atoms with Crippen molar-refractivity contribution in [2.45, 2.75) is 26.7 Å². The van der Waals surface area contributed by atoms with Crippen molar-refractivity contribution in [1.29, 1.82) is 0 Å². The van der Waals surface area contributed by atoms with Crippen LogP contribution in [0.2, 0.25) is 0 Å². The summed E-state index contributed by atoms with van der Waals surface area (Å²) < 4.78 is 5.09. The Bertz CT molecular complexity index is 575. The first-order valence-corrected chi connectivity index (χ1v) is 6.78. The number of nitrogens with zero attached hydrogens (tertiary/aromatic N) is 3. The smallest absolute Gasteiger partial charge is 0.257 e. The Labute approximate surface area is 118 Å². The first-order chi connectivity index (χ1) is 9.61. The van der Waals surface area contributed by atoms with E-state index in [-0.39, 0.29) is 5.91 Å². The number of aryl methyl sites for hydroxylation is 1. The molecule has 20 heavy (non-hydrogen) atoms. The topological polar surface area (TPSA) is 59.2 Å². The van der Waals surface area contributed by atoms with E-state index in [9.17, 15) is 4.79 Å². The van der Waals surface area contributed by atoms with Gasteiger partial charge in [0.05, 0.1) is 0 Å². The largest absolute Gasteiger partial charge is 0.342 e. The fraction of sp³-hybridized carbons (Fsp3) is 0.400. The molecule has 2 rings (SSSR count). The molecule has 0 unspecified atom stereocenters. The van der Waals surface area contributed by atoms with E-state index in [0.29, 0.717) is 17.3 Å². The fourth-order valence-electron chi connectivity index (χ4n) is 1.89. The van der Waals surface area contributed by atoms with Crippen LogP contribution < -0.4 is 0 Å². The molecular formula is C15H19N3O2. The van der Waals surface area contributed by atoms with Crippen molar-refractivity contribution >= 4 is 5.91 Å². The predicted molar refractivity (Wildman–Crippen MR) is 76.3 cm³/mol. The molecule has 0 saturated heterocycles. The van der Waals surface area contributed by atoms with Crippen LogP contribution in [-0.2, 0) is 0 Å². The van der Waals surface area contributed by atoms with Gasteiger partial charge in [0.1, 0.15) is 0 Å². The van der Waals surface area contributed by atoms with Crippen LogP contribution in [0.3, 0.4) is 0 Å². The minimum Gasteiger partial charge on any atom is -0.342 e. The average molecular weight is 273 g/mol. The van der Waals surface area contributed by atoms with Gasteiger partial charge < -0.3 is 9.42 Å². The molecule has 0 aliphatic carbocycles. The number of rotatable bonds is 5. The van der Waals surface area contributed by atoms with Gasteiger partial charge in [-0.2, -0.15) is 4.98 Å². The molecule has 0 fully saturated rings. The van der Waals surface area contributed by atoms with Crippen LogP contribution in [0.1, 0.15) is 35.9 Å². The molecule has 1 heterocycles. The van der Waals surface area contributed by atoms with Gasteiger partial charge in [-0.15, -0.1) is 0 Å². The third kappa shape index (κ3) is 3.23. The van der Waals surface area contributed by atoms with Crippen LogP contribution in [0, 0.1) is 6.92 Å². The van der Waals surface area contributed by atoms with E-state index < -0.39 is 0 Å². The lowest BCUT2D eigenvalue weighted by Gasteiger charge is -2.16. The first kappa shape index (κ1) is 14.2. The monoisotopic (exact) mass is 273 g/mol. The first-order valence-electron chi connectivity index (χ1n) is 6.78. The molecule has 0 bridgehead atoms. The normalized spacial score (nSPS) is 10.6. The summed E-state index contributed by atoms with van der Waals surface area (Å²) in [6.07, 6.45) is 2.09. The third-order valence-corrected chi connectivity index (χ3v) is 3.10. The Morgan fingerprint density at radius 2 is 2.00 bits per heavy atom. The van der Waals surface area contributed by atoms with Crippen LogP contribution in [0.25, 0.3) is 11.5 Å². The number of carbonyl (C=O) groups is 1. The molecule has 0 N–H and O–H groups in total. The second-order valence-electron chi connectivity index (χ2n) is 4.80. The van der Waals surface area contributed by atoms with E-state index in [1.54, 1.807) is 24.0 Å². The molecule has 1 aromatic heterocycles. The highest BCUT2D eigenvalue weighted by Crippen LogP contribution is 2.18. The van der Waals surface area contributed by atoms with Gasteiger partial charge in [-0.3, -0.25) is 4.79 Å². The number of amides is 1. The molecule has 5 heteroatoms. The average Bonchev–Trinajstić information content (AvgIpc) is 2.90. The van der Waals surface area contributed by atoms with Gasteiger partial charge in [0.15, 0.2) is 5.82 Å². The lowest BCUT2D eigenvalue weighted by atomic mass is 10.1. The van der Waals surface area contributed by atoms with Gasteiger partial charge in [0.2, 0.25) is 0 Å². The second kappa shape index (κ2) is 6.32. The molecule has 0 saturated carbocycles. The molecule has 0 aliphatic heterocycles. The number of carbonyl (C=O) groups excluding carboxylic acids is 1. The van der Waals surface area contributed by atoms with Crippen molar-refractivity contribution in [3.8, 4) is 11.5 Å². The van der Waals surface area contributed by atoms with Crippen molar-refractivity contribution in [3.63, 3.8) is 0 Å². The molecule has 0 radical (unpaired) electrons. The van der Waals surface area contributed by atoms with Crippen molar-refractivity contribution < 1.29 is 9.32 Å². The summed E-state index contributed by atoms with van der Waals surface area (Å²) in [5.41, 5.74) is 1.49. The molecule has 2 aromatic rings. The maximum absolute atomic E-state index is 12.2. The number of hydrogen-bond acceptors (Lipinski definition) is 4. The summed E-state index contributed by atoms with van der Waals surface area (Å²) in [5.74, 6) is 1.10. The van der Waals surface area contributed by atoms with E-state index >= 15 is 0 Å². The third-order valence-electron chi connectivity index (χ3n) is 3.10. The summed E-state index contributed by atoms with van der Waals surface area (Å²) >= 11 is 0. The predicted octanol–water partition coefficient (Wildman–Crippen LogP) is 2.92. The summed E-state index contributed by atoms with van der Waals surface area (Å²) in [4.78, 5) is 18.1. The van der Waals surface area contributed by atoms with E-state index in [0.717, 1.165) is 24.9 Å². The van der Waals surface area contributed by atoms with Crippen molar-refractivity contribution in [1.82, 2.24) is 15.0 Å². The lowest BCUT2D eigenvalue weighted by Crippen LogP contribution is -2.27. The van der Waals surface area contributed by atoms with Crippen LogP contribution in [0.5, 0.6) is 0 Å². The zero-order chi connectivity index (χ0) is 14.5. The molecular weight excluding hydrogens is 254 g/mol. The van der Waals surface area contributed by atoms with Gasteiger partial charge in [0, 0.05) is 24.7 Å². The zero-order valence-electron chi connectivity index (χ0n) is 12.1.